The van der Waals surface area contributed by atoms with Crippen LogP contribution in [0.25, 0.3) is 0 Å². The zero-order chi connectivity index (χ0) is 16.8. The molecule has 0 aliphatic rings. The molecule has 0 saturated carbocycles. The third-order valence-corrected chi connectivity index (χ3v) is 2.70. The van der Waals surface area contributed by atoms with Crippen LogP contribution >= 0.6 is 0 Å². The van der Waals surface area contributed by atoms with Crippen LogP contribution in [-0.4, -0.2) is 41.6 Å². The Morgan fingerprint density at radius 3 is 2.55 bits per heavy atom. The monoisotopic (exact) mass is 319 g/mol. The van der Waals surface area contributed by atoms with Crippen molar-refractivity contribution in [2.24, 2.45) is 0 Å². The minimum absolute atomic E-state index is 0.102. The van der Waals surface area contributed by atoms with E-state index < -0.39 is 36.8 Å². The first-order valence-corrected chi connectivity index (χ1v) is 6.53. The van der Waals surface area contributed by atoms with Gasteiger partial charge in [-0.3, -0.25) is 9.59 Å². The number of benzene rings is 1. The van der Waals surface area contributed by atoms with Crippen LogP contribution in [0.1, 0.15) is 18.9 Å². The second-order valence-electron chi connectivity index (χ2n) is 4.52. The second-order valence-corrected chi connectivity index (χ2v) is 4.52. The van der Waals surface area contributed by atoms with Gasteiger partial charge in [-0.05, 0) is 24.6 Å². The smallest absolute Gasteiger partial charge is 0.416 e. The van der Waals surface area contributed by atoms with Crippen LogP contribution in [0.3, 0.4) is 0 Å². The maximum Gasteiger partial charge on any atom is 0.416 e. The van der Waals surface area contributed by atoms with Gasteiger partial charge in [-0.15, -0.1) is 0 Å². The molecule has 0 spiro atoms. The third-order valence-electron chi connectivity index (χ3n) is 2.70. The molecule has 1 aromatic rings. The van der Waals surface area contributed by atoms with E-state index in [9.17, 15) is 22.8 Å². The van der Waals surface area contributed by atoms with Crippen LogP contribution in [0, 0.1) is 0 Å². The standard InChI is InChI=1S/C14H16F3NO4/c1-2-6-18(8-13(20)21)12(19)9-22-11-5-3-4-10(7-11)14(15,16)17/h3-5,7H,2,6,8-9H2,1H3,(H,20,21). The molecule has 5 nitrogen and oxygen atoms in total. The predicted octanol–water partition coefficient (Wildman–Crippen LogP) is 2.41. The van der Waals surface area contributed by atoms with Crippen molar-refractivity contribution in [2.75, 3.05) is 19.7 Å². The van der Waals surface area contributed by atoms with Gasteiger partial charge in [0.2, 0.25) is 0 Å². The molecule has 0 saturated heterocycles. The molecule has 0 fully saturated rings. The van der Waals surface area contributed by atoms with Crippen molar-refractivity contribution in [1.29, 1.82) is 0 Å². The fourth-order valence-electron chi connectivity index (χ4n) is 1.72. The van der Waals surface area contributed by atoms with E-state index in [1.807, 2.05) is 0 Å². The lowest BCUT2D eigenvalue weighted by atomic mass is 10.2. The van der Waals surface area contributed by atoms with Gasteiger partial charge in [-0.1, -0.05) is 13.0 Å². The Bertz CT molecular complexity index is 531. The summed E-state index contributed by atoms with van der Waals surface area (Å²) < 4.78 is 42.7. The van der Waals surface area contributed by atoms with Gasteiger partial charge in [-0.25, -0.2) is 0 Å². The molecule has 0 aliphatic carbocycles. The van der Waals surface area contributed by atoms with E-state index >= 15 is 0 Å². The van der Waals surface area contributed by atoms with Gasteiger partial charge in [0.25, 0.3) is 5.91 Å². The number of halogens is 3. The van der Waals surface area contributed by atoms with E-state index in [2.05, 4.69) is 0 Å². The lowest BCUT2D eigenvalue weighted by Gasteiger charge is -2.20. The lowest BCUT2D eigenvalue weighted by Crippen LogP contribution is -2.39. The van der Waals surface area contributed by atoms with Gasteiger partial charge in [-0.2, -0.15) is 13.2 Å². The summed E-state index contributed by atoms with van der Waals surface area (Å²) in [5.41, 5.74) is -0.881. The number of carboxylic acids is 1. The van der Waals surface area contributed by atoms with Gasteiger partial charge in [0.05, 0.1) is 5.56 Å². The molecule has 0 radical (unpaired) electrons. The van der Waals surface area contributed by atoms with Crippen molar-refractivity contribution < 1.29 is 32.6 Å². The Hall–Kier alpha value is -2.25. The number of carboxylic acid groups (broad SMARTS) is 1. The summed E-state index contributed by atoms with van der Waals surface area (Å²) in [6.07, 6.45) is -3.94. The van der Waals surface area contributed by atoms with Crippen LogP contribution in [0.2, 0.25) is 0 Å². The van der Waals surface area contributed by atoms with Crippen molar-refractivity contribution in [3.63, 3.8) is 0 Å². The quantitative estimate of drug-likeness (QED) is 0.838. The molecule has 0 aliphatic heterocycles. The summed E-state index contributed by atoms with van der Waals surface area (Å²) >= 11 is 0. The van der Waals surface area contributed by atoms with Gasteiger partial charge in [0.15, 0.2) is 6.61 Å². The maximum absolute atomic E-state index is 12.5. The molecule has 0 unspecified atom stereocenters. The summed E-state index contributed by atoms with van der Waals surface area (Å²) in [5.74, 6) is -1.86. The number of ether oxygens (including phenoxy) is 1. The Kier molecular flexibility index (Phi) is 6.21. The van der Waals surface area contributed by atoms with Crippen LogP contribution in [-0.2, 0) is 15.8 Å². The highest BCUT2D eigenvalue weighted by Gasteiger charge is 2.30. The first-order chi connectivity index (χ1) is 10.2. The Labute approximate surface area is 125 Å². The van der Waals surface area contributed by atoms with E-state index in [0.29, 0.717) is 6.42 Å². The van der Waals surface area contributed by atoms with E-state index in [1.54, 1.807) is 6.92 Å². The molecule has 8 heteroatoms. The number of nitrogens with zero attached hydrogens (tertiary/aromatic N) is 1. The minimum Gasteiger partial charge on any atom is -0.484 e. The van der Waals surface area contributed by atoms with Crippen molar-refractivity contribution in [3.05, 3.63) is 29.8 Å². The number of carbonyl (C=O) groups excluding carboxylic acids is 1. The number of aliphatic carboxylic acids is 1. The van der Waals surface area contributed by atoms with E-state index in [-0.39, 0.29) is 12.3 Å². The molecule has 1 rings (SSSR count). The van der Waals surface area contributed by atoms with E-state index in [0.717, 1.165) is 17.0 Å². The van der Waals surface area contributed by atoms with Crippen molar-refractivity contribution >= 4 is 11.9 Å². The molecular formula is C14H16F3NO4. The lowest BCUT2D eigenvalue weighted by molar-refractivity contribution is -0.145. The van der Waals surface area contributed by atoms with E-state index in [1.165, 1.54) is 12.1 Å². The summed E-state index contributed by atoms with van der Waals surface area (Å²) in [4.78, 5) is 23.6. The van der Waals surface area contributed by atoms with Crippen molar-refractivity contribution in [3.8, 4) is 5.75 Å². The fraction of sp³-hybridized carbons (Fsp3) is 0.429. The average Bonchev–Trinajstić information content (AvgIpc) is 2.43. The number of hydrogen-bond acceptors (Lipinski definition) is 3. The minimum atomic E-state index is -4.50. The molecule has 0 atom stereocenters. The summed E-state index contributed by atoms with van der Waals surface area (Å²) in [5, 5.41) is 8.71. The predicted molar refractivity (Wildman–Crippen MR) is 71.4 cm³/mol. The average molecular weight is 319 g/mol. The number of carbonyl (C=O) groups is 2. The SMILES string of the molecule is CCCN(CC(=O)O)C(=O)COc1cccc(C(F)(F)F)c1. The molecule has 1 aromatic carbocycles. The van der Waals surface area contributed by atoms with Gasteiger partial charge >= 0.3 is 12.1 Å². The zero-order valence-electron chi connectivity index (χ0n) is 11.9. The normalized spacial score (nSPS) is 11.1. The van der Waals surface area contributed by atoms with Crippen molar-refractivity contribution in [1.82, 2.24) is 4.90 Å². The Morgan fingerprint density at radius 1 is 1.32 bits per heavy atom. The Morgan fingerprint density at radius 2 is 2.00 bits per heavy atom. The first kappa shape index (κ1) is 17.8. The molecule has 1 amide bonds. The van der Waals surface area contributed by atoms with Crippen LogP contribution in [0.15, 0.2) is 24.3 Å². The van der Waals surface area contributed by atoms with Crippen LogP contribution in [0.4, 0.5) is 13.2 Å². The van der Waals surface area contributed by atoms with Gasteiger partial charge < -0.3 is 14.7 Å². The fourth-order valence-corrected chi connectivity index (χ4v) is 1.72. The number of hydrogen-bond donors (Lipinski definition) is 1. The van der Waals surface area contributed by atoms with Crippen LogP contribution < -0.4 is 4.74 Å². The molecule has 122 valence electrons. The zero-order valence-corrected chi connectivity index (χ0v) is 11.9. The summed E-state index contributed by atoms with van der Waals surface area (Å²) in [7, 11) is 0. The van der Waals surface area contributed by atoms with E-state index in [4.69, 9.17) is 9.84 Å². The Balaban J connectivity index is 2.68. The molecule has 0 bridgehead atoms. The maximum atomic E-state index is 12.5. The summed E-state index contributed by atoms with van der Waals surface area (Å²) in [6.45, 7) is 1.01. The highest BCUT2D eigenvalue weighted by Crippen LogP contribution is 2.31. The molecule has 22 heavy (non-hydrogen) atoms. The van der Waals surface area contributed by atoms with Gasteiger partial charge in [0.1, 0.15) is 12.3 Å². The van der Waals surface area contributed by atoms with Crippen molar-refractivity contribution in [2.45, 2.75) is 19.5 Å². The largest absolute Gasteiger partial charge is 0.484 e. The molecule has 0 heterocycles. The topological polar surface area (TPSA) is 66.8 Å². The third kappa shape index (κ3) is 5.63. The van der Waals surface area contributed by atoms with Crippen LogP contribution in [0.5, 0.6) is 5.75 Å². The highest BCUT2D eigenvalue weighted by atomic mass is 19.4. The first-order valence-electron chi connectivity index (χ1n) is 6.53. The number of amides is 1. The van der Waals surface area contributed by atoms with Gasteiger partial charge in [0, 0.05) is 6.54 Å². The molecule has 1 N–H and O–H groups in total. The summed E-state index contributed by atoms with van der Waals surface area (Å²) in [6, 6.07) is 4.14. The molecule has 0 aromatic heterocycles. The number of alkyl halides is 3. The second kappa shape index (κ2) is 7.67. The number of rotatable bonds is 7. The molecular weight excluding hydrogens is 303 g/mol. The highest BCUT2D eigenvalue weighted by molar-refractivity contribution is 5.82.